The van der Waals surface area contributed by atoms with E-state index >= 15 is 0 Å². The molecule has 1 atom stereocenters. The van der Waals surface area contributed by atoms with Gasteiger partial charge in [0.05, 0.1) is 23.8 Å². The lowest BCUT2D eigenvalue weighted by atomic mass is 9.96. The minimum Gasteiger partial charge on any atom is -0.372 e. The number of ether oxygens (including phenoxy) is 1. The molecule has 0 radical (unpaired) electrons. The molecule has 1 aliphatic rings. The average molecular weight is 455 g/mol. The Bertz CT molecular complexity index is 1320. The van der Waals surface area contributed by atoms with Crippen molar-refractivity contribution in [2.45, 2.75) is 58.4 Å². The van der Waals surface area contributed by atoms with Crippen LogP contribution in [-0.4, -0.2) is 31.0 Å². The fourth-order valence-corrected chi connectivity index (χ4v) is 6.17. The zero-order valence-corrected chi connectivity index (χ0v) is 19.8. The molecule has 4 heterocycles. The van der Waals surface area contributed by atoms with E-state index < -0.39 is 0 Å². The monoisotopic (exact) mass is 454 g/mol. The van der Waals surface area contributed by atoms with Crippen molar-refractivity contribution in [2.75, 3.05) is 5.75 Å². The zero-order chi connectivity index (χ0) is 21.7. The molecule has 0 saturated carbocycles. The van der Waals surface area contributed by atoms with Crippen molar-refractivity contribution in [1.82, 2.24) is 19.2 Å². The number of aromatic nitrogens is 4. The molecule has 0 bridgehead atoms. The third-order valence-corrected chi connectivity index (χ3v) is 8.14. The van der Waals surface area contributed by atoms with Gasteiger partial charge in [0.2, 0.25) is 5.78 Å². The third kappa shape index (κ3) is 3.41. The maximum Gasteiger partial charge on any atom is 0.268 e. The van der Waals surface area contributed by atoms with Crippen LogP contribution in [0.1, 0.15) is 43.2 Å². The molecule has 8 heteroatoms. The number of fused-ring (bicyclic) bond motifs is 5. The van der Waals surface area contributed by atoms with E-state index in [1.807, 2.05) is 31.2 Å². The molecule has 0 aliphatic carbocycles. The summed E-state index contributed by atoms with van der Waals surface area (Å²) >= 11 is 3.33. The zero-order valence-electron chi connectivity index (χ0n) is 18.2. The van der Waals surface area contributed by atoms with Crippen molar-refractivity contribution in [3.05, 3.63) is 50.6 Å². The van der Waals surface area contributed by atoms with Crippen LogP contribution in [0.25, 0.3) is 21.7 Å². The molecule has 31 heavy (non-hydrogen) atoms. The van der Waals surface area contributed by atoms with E-state index in [0.717, 1.165) is 55.7 Å². The van der Waals surface area contributed by atoms with Crippen molar-refractivity contribution in [1.29, 1.82) is 0 Å². The molecule has 1 aliphatic heterocycles. The van der Waals surface area contributed by atoms with Gasteiger partial charge >= 0.3 is 0 Å². The fourth-order valence-electron chi connectivity index (χ4n) is 4.08. The summed E-state index contributed by atoms with van der Waals surface area (Å²) in [6.45, 7) is 9.10. The molecule has 4 aromatic rings. The summed E-state index contributed by atoms with van der Waals surface area (Å²) in [5, 5.41) is 10.6. The summed E-state index contributed by atoms with van der Waals surface area (Å²) in [6, 6.07) is 8.01. The first-order chi connectivity index (χ1) is 15.0. The lowest BCUT2D eigenvalue weighted by Crippen LogP contribution is -2.28. The summed E-state index contributed by atoms with van der Waals surface area (Å²) in [6.07, 6.45) is 1.94. The maximum absolute atomic E-state index is 13.9. The van der Waals surface area contributed by atoms with Crippen molar-refractivity contribution < 1.29 is 4.74 Å². The first-order valence-electron chi connectivity index (χ1n) is 10.8. The van der Waals surface area contributed by atoms with Crippen molar-refractivity contribution >= 4 is 39.1 Å². The van der Waals surface area contributed by atoms with Crippen molar-refractivity contribution in [3.63, 3.8) is 0 Å². The molecule has 0 N–H and O–H groups in total. The first kappa shape index (κ1) is 20.7. The molecule has 1 aromatic carbocycles. The van der Waals surface area contributed by atoms with Gasteiger partial charge in [-0.3, -0.25) is 4.79 Å². The van der Waals surface area contributed by atoms with Gasteiger partial charge < -0.3 is 4.74 Å². The van der Waals surface area contributed by atoms with Crippen molar-refractivity contribution in [3.8, 4) is 5.69 Å². The normalized spacial score (nSPS) is 16.5. The van der Waals surface area contributed by atoms with Gasteiger partial charge in [0.15, 0.2) is 5.16 Å². The lowest BCUT2D eigenvalue weighted by Gasteiger charge is -2.26. The van der Waals surface area contributed by atoms with Crippen LogP contribution in [-0.2, 0) is 17.8 Å². The minimum absolute atomic E-state index is 0.0206. The number of aryl methyl sites for hydroxylation is 1. The highest BCUT2D eigenvalue weighted by Gasteiger charge is 2.30. The largest absolute Gasteiger partial charge is 0.372 e. The summed E-state index contributed by atoms with van der Waals surface area (Å²) in [5.41, 5.74) is 3.08. The van der Waals surface area contributed by atoms with E-state index in [1.165, 1.54) is 0 Å². The number of thiophene rings is 1. The summed E-state index contributed by atoms with van der Waals surface area (Å²) in [4.78, 5) is 16.0. The molecular formula is C23H26N4O2S2. The molecule has 3 aromatic heterocycles. The van der Waals surface area contributed by atoms with E-state index in [1.54, 1.807) is 27.7 Å². The topological polar surface area (TPSA) is 61.4 Å². The Kier molecular flexibility index (Phi) is 5.40. The number of nitrogens with zero attached hydrogens (tertiary/aromatic N) is 4. The van der Waals surface area contributed by atoms with E-state index in [4.69, 9.17) is 4.74 Å². The molecule has 6 nitrogen and oxygen atoms in total. The Morgan fingerprint density at radius 2 is 2.03 bits per heavy atom. The minimum atomic E-state index is -0.0206. The second kappa shape index (κ2) is 8.07. The molecule has 0 amide bonds. The molecule has 5 rings (SSSR count). The van der Waals surface area contributed by atoms with Crippen LogP contribution < -0.4 is 5.56 Å². The summed E-state index contributed by atoms with van der Waals surface area (Å²) in [5.74, 6) is 1.92. The highest BCUT2D eigenvalue weighted by atomic mass is 32.2. The van der Waals surface area contributed by atoms with Gasteiger partial charge in [-0.05, 0) is 37.0 Å². The Morgan fingerprint density at radius 1 is 1.26 bits per heavy atom. The van der Waals surface area contributed by atoms with E-state index in [-0.39, 0.29) is 11.7 Å². The van der Waals surface area contributed by atoms with Crippen LogP contribution in [0.4, 0.5) is 0 Å². The van der Waals surface area contributed by atoms with Crippen LogP contribution in [0.15, 0.2) is 34.2 Å². The van der Waals surface area contributed by atoms with Gasteiger partial charge in [0, 0.05) is 17.1 Å². The van der Waals surface area contributed by atoms with Gasteiger partial charge in [0.1, 0.15) is 4.83 Å². The van der Waals surface area contributed by atoms with Gasteiger partial charge in [-0.2, -0.15) is 0 Å². The average Bonchev–Trinajstić information content (AvgIpc) is 3.34. The molecule has 0 saturated heterocycles. The van der Waals surface area contributed by atoms with E-state index in [2.05, 4.69) is 35.4 Å². The highest BCUT2D eigenvalue weighted by molar-refractivity contribution is 7.99. The standard InChI is InChI=1S/C23H26N4O2S2/c1-5-10-30-23-25-24-22-26(15-8-6-14(4)7-9-15)20(28)19-16-11-17(13(2)3)29-12-18(16)31-21(19)27(22)23/h6-9,13,17H,5,10-12H2,1-4H3/t17-/m0/s1. The smallest absolute Gasteiger partial charge is 0.268 e. The highest BCUT2D eigenvalue weighted by Crippen LogP contribution is 2.37. The molecular weight excluding hydrogens is 428 g/mol. The van der Waals surface area contributed by atoms with Gasteiger partial charge in [0.25, 0.3) is 5.56 Å². The number of thioether (sulfide) groups is 1. The Labute approximate surface area is 189 Å². The number of hydrogen-bond donors (Lipinski definition) is 0. The quantitative estimate of drug-likeness (QED) is 0.397. The summed E-state index contributed by atoms with van der Waals surface area (Å²) < 4.78 is 9.90. The van der Waals surface area contributed by atoms with E-state index in [0.29, 0.717) is 18.3 Å². The van der Waals surface area contributed by atoms with Crippen LogP contribution in [0, 0.1) is 12.8 Å². The number of hydrogen-bond acceptors (Lipinski definition) is 6. The molecule has 0 fully saturated rings. The van der Waals surface area contributed by atoms with Gasteiger partial charge in [-0.1, -0.05) is 50.2 Å². The third-order valence-electron chi connectivity index (χ3n) is 5.81. The Morgan fingerprint density at radius 3 is 2.74 bits per heavy atom. The SMILES string of the molecule is CCCSc1nnc2n(-c3ccc(C)cc3)c(=O)c3c4c(sc3n12)CO[C@H](C(C)C)C4. The lowest BCUT2D eigenvalue weighted by molar-refractivity contribution is 0.00200. The van der Waals surface area contributed by atoms with Crippen molar-refractivity contribution in [2.24, 2.45) is 5.92 Å². The predicted molar refractivity (Wildman–Crippen MR) is 127 cm³/mol. The second-order valence-corrected chi connectivity index (χ2v) is 10.6. The molecule has 162 valence electrons. The van der Waals surface area contributed by atoms with E-state index in [9.17, 15) is 4.79 Å². The van der Waals surface area contributed by atoms with Crippen LogP contribution in [0.2, 0.25) is 0 Å². The Balaban J connectivity index is 1.84. The van der Waals surface area contributed by atoms with Gasteiger partial charge in [-0.25, -0.2) is 8.97 Å². The summed E-state index contributed by atoms with van der Waals surface area (Å²) in [7, 11) is 0. The maximum atomic E-state index is 13.9. The van der Waals surface area contributed by atoms with Gasteiger partial charge in [-0.15, -0.1) is 21.5 Å². The second-order valence-electron chi connectivity index (χ2n) is 8.42. The molecule has 0 spiro atoms. The van der Waals surface area contributed by atoms with Crippen LogP contribution >= 0.6 is 23.1 Å². The number of rotatable bonds is 5. The predicted octanol–water partition coefficient (Wildman–Crippen LogP) is 5.00. The van der Waals surface area contributed by atoms with Crippen LogP contribution in [0.3, 0.4) is 0 Å². The van der Waals surface area contributed by atoms with Crippen LogP contribution in [0.5, 0.6) is 0 Å². The molecule has 0 unspecified atom stereocenters. The first-order valence-corrected chi connectivity index (χ1v) is 12.6. The number of benzene rings is 1. The Hall–Kier alpha value is -2.16. The fraction of sp³-hybridized carbons (Fsp3) is 0.435.